The van der Waals surface area contributed by atoms with Crippen LogP contribution in [0.15, 0.2) is 66.7 Å². The smallest absolute Gasteiger partial charge is 0.150 e. The van der Waals surface area contributed by atoms with Crippen molar-refractivity contribution in [1.82, 2.24) is 4.90 Å². The van der Waals surface area contributed by atoms with Crippen molar-refractivity contribution >= 4 is 11.1 Å². The van der Waals surface area contributed by atoms with E-state index in [4.69, 9.17) is 9.47 Å². The summed E-state index contributed by atoms with van der Waals surface area (Å²) in [5.74, 6) is 2.55. The molecule has 2 heterocycles. The number of nitrogens with zero attached hydrogens (tertiary/aromatic N) is 2. The fraction of sp³-hybridized carbons (Fsp3) is 0.323. The molecule has 0 radical (unpaired) electrons. The first-order valence-corrected chi connectivity index (χ1v) is 12.6. The van der Waals surface area contributed by atoms with Gasteiger partial charge in [-0.15, -0.1) is 0 Å². The first-order chi connectivity index (χ1) is 17.4. The van der Waals surface area contributed by atoms with E-state index in [1.54, 1.807) is 12.1 Å². The highest BCUT2D eigenvalue weighted by Gasteiger charge is 2.30. The predicted molar refractivity (Wildman–Crippen MR) is 142 cm³/mol. The van der Waals surface area contributed by atoms with Crippen LogP contribution in [0.4, 0.5) is 0 Å². The van der Waals surface area contributed by atoms with Gasteiger partial charge in [0.15, 0.2) is 0 Å². The topological polar surface area (TPSA) is 65.7 Å². The number of hydrogen-bond acceptors (Lipinski definition) is 5. The Bertz CT molecular complexity index is 1310. The normalized spacial score (nSPS) is 20.4. The van der Waals surface area contributed by atoms with Gasteiger partial charge in [0.25, 0.3) is 0 Å². The number of benzene rings is 3. The Labute approximate surface area is 213 Å². The van der Waals surface area contributed by atoms with E-state index in [1.165, 1.54) is 6.42 Å². The number of rotatable bonds is 6. The molecule has 2 aliphatic heterocycles. The largest absolute Gasteiger partial charge is 0.508 e. The lowest BCUT2D eigenvalue weighted by Crippen LogP contribution is -2.35. The van der Waals surface area contributed by atoms with Crippen LogP contribution in [0.25, 0.3) is 11.1 Å². The van der Waals surface area contributed by atoms with Gasteiger partial charge < -0.3 is 14.6 Å². The van der Waals surface area contributed by atoms with E-state index in [-0.39, 0.29) is 11.9 Å². The number of hydrogen-bond donors (Lipinski definition) is 1. The van der Waals surface area contributed by atoms with Crippen LogP contribution in [0.3, 0.4) is 0 Å². The van der Waals surface area contributed by atoms with Crippen molar-refractivity contribution < 1.29 is 14.6 Å². The van der Waals surface area contributed by atoms with Crippen molar-refractivity contribution in [2.75, 3.05) is 19.7 Å². The maximum absolute atomic E-state index is 10.1. The molecule has 1 fully saturated rings. The molecule has 3 aromatic rings. The minimum absolute atomic E-state index is 0.202. The van der Waals surface area contributed by atoms with Gasteiger partial charge in [0.2, 0.25) is 0 Å². The molecule has 3 atom stereocenters. The van der Waals surface area contributed by atoms with Gasteiger partial charge in [0, 0.05) is 23.7 Å². The fourth-order valence-corrected chi connectivity index (χ4v) is 5.20. The summed E-state index contributed by atoms with van der Waals surface area (Å²) < 4.78 is 12.6. The molecular formula is C31H32N2O3. The Morgan fingerprint density at radius 2 is 1.86 bits per heavy atom. The number of ether oxygens (including phenoxy) is 2. The highest BCUT2D eigenvalue weighted by atomic mass is 16.5. The summed E-state index contributed by atoms with van der Waals surface area (Å²) in [5, 5.41) is 19.3. The Morgan fingerprint density at radius 1 is 1.11 bits per heavy atom. The first-order valence-electron chi connectivity index (χ1n) is 12.6. The summed E-state index contributed by atoms with van der Waals surface area (Å²) in [5.41, 5.74) is 5.54. The molecule has 5 heteroatoms. The minimum atomic E-state index is -0.325. The molecule has 0 spiro atoms. The molecule has 0 saturated carbocycles. The number of aromatic hydroxyl groups is 1. The SMILES string of the molecule is CC1=C(c2ccc(C#N)cc2)C(c2ccc(OC[C@H](C)N3CC[C@@H](C)C3)cc2)Oc2ccc(O)cc21. The van der Waals surface area contributed by atoms with Gasteiger partial charge in [-0.25, -0.2) is 0 Å². The van der Waals surface area contributed by atoms with Gasteiger partial charge in [-0.1, -0.05) is 31.2 Å². The monoisotopic (exact) mass is 480 g/mol. The van der Waals surface area contributed by atoms with E-state index in [9.17, 15) is 10.4 Å². The molecule has 1 saturated heterocycles. The summed E-state index contributed by atoms with van der Waals surface area (Å²) >= 11 is 0. The van der Waals surface area contributed by atoms with Crippen LogP contribution in [-0.2, 0) is 0 Å². The standard InChI is InChI=1S/C31H32N2O3/c1-20-14-15-33(18-20)21(2)19-35-27-11-8-25(9-12-27)31-30(24-6-4-23(17-32)5-7-24)22(3)28-16-26(34)10-13-29(28)36-31/h4-13,16,20-21,31,34H,14-15,18-19H2,1-3H3/t20-,21+,31?/m1/s1. The minimum Gasteiger partial charge on any atom is -0.508 e. The van der Waals surface area contributed by atoms with Gasteiger partial charge in [-0.05, 0) is 91.9 Å². The lowest BCUT2D eigenvalue weighted by molar-refractivity contribution is 0.169. The molecule has 5 nitrogen and oxygen atoms in total. The van der Waals surface area contributed by atoms with Crippen LogP contribution < -0.4 is 9.47 Å². The van der Waals surface area contributed by atoms with Crippen molar-refractivity contribution in [1.29, 1.82) is 5.26 Å². The van der Waals surface area contributed by atoms with E-state index in [0.29, 0.717) is 18.2 Å². The second kappa shape index (κ2) is 10.1. The van der Waals surface area contributed by atoms with Crippen LogP contribution in [-0.4, -0.2) is 35.7 Å². The third-order valence-electron chi connectivity index (χ3n) is 7.36. The summed E-state index contributed by atoms with van der Waals surface area (Å²) in [7, 11) is 0. The number of phenolic OH excluding ortho intramolecular Hbond substituents is 1. The third-order valence-corrected chi connectivity index (χ3v) is 7.36. The Kier molecular flexibility index (Phi) is 6.71. The Hall–Kier alpha value is -3.75. The van der Waals surface area contributed by atoms with Crippen LogP contribution in [0, 0.1) is 17.2 Å². The van der Waals surface area contributed by atoms with Gasteiger partial charge in [0.05, 0.1) is 11.6 Å². The van der Waals surface area contributed by atoms with E-state index in [1.807, 2.05) is 42.5 Å². The van der Waals surface area contributed by atoms with Crippen LogP contribution in [0.2, 0.25) is 0 Å². The van der Waals surface area contributed by atoms with Gasteiger partial charge >= 0.3 is 0 Å². The number of likely N-dealkylation sites (tertiary alicyclic amines) is 1. The van der Waals surface area contributed by atoms with Gasteiger partial charge in [0.1, 0.15) is 30.0 Å². The second-order valence-corrected chi connectivity index (χ2v) is 10.0. The van der Waals surface area contributed by atoms with Crippen molar-refractivity contribution in [2.45, 2.75) is 39.3 Å². The van der Waals surface area contributed by atoms with Crippen LogP contribution in [0.5, 0.6) is 17.2 Å². The lowest BCUT2D eigenvalue weighted by Gasteiger charge is -2.31. The molecular weight excluding hydrogens is 448 g/mol. The molecule has 1 unspecified atom stereocenters. The summed E-state index contributed by atoms with van der Waals surface area (Å²) in [6, 6.07) is 23.5. The van der Waals surface area contributed by atoms with Gasteiger partial charge in [-0.3, -0.25) is 4.90 Å². The van der Waals surface area contributed by atoms with Crippen molar-refractivity contribution in [3.8, 4) is 23.3 Å². The zero-order chi connectivity index (χ0) is 25.2. The van der Waals surface area contributed by atoms with Gasteiger partial charge in [-0.2, -0.15) is 5.26 Å². The van der Waals surface area contributed by atoms with Crippen LogP contribution >= 0.6 is 0 Å². The van der Waals surface area contributed by atoms with Crippen molar-refractivity contribution in [3.63, 3.8) is 0 Å². The molecule has 0 amide bonds. The van der Waals surface area contributed by atoms with Crippen molar-refractivity contribution in [3.05, 3.63) is 89.0 Å². The average Bonchev–Trinajstić information content (AvgIpc) is 3.34. The van der Waals surface area contributed by atoms with Crippen molar-refractivity contribution in [2.24, 2.45) is 5.92 Å². The molecule has 184 valence electrons. The second-order valence-electron chi connectivity index (χ2n) is 10.0. The molecule has 0 aliphatic carbocycles. The van der Waals surface area contributed by atoms with E-state index >= 15 is 0 Å². The number of phenols is 1. The molecule has 5 rings (SSSR count). The first kappa shape index (κ1) is 24.0. The molecule has 0 aromatic heterocycles. The highest BCUT2D eigenvalue weighted by Crippen LogP contribution is 2.47. The zero-order valence-electron chi connectivity index (χ0n) is 21.1. The lowest BCUT2D eigenvalue weighted by atomic mass is 9.86. The third kappa shape index (κ3) is 4.82. The predicted octanol–water partition coefficient (Wildman–Crippen LogP) is 6.44. The van der Waals surface area contributed by atoms with Crippen LogP contribution in [0.1, 0.15) is 55.5 Å². The molecule has 1 N–H and O–H groups in total. The quantitative estimate of drug-likeness (QED) is 0.440. The number of allylic oxidation sites excluding steroid dienone is 1. The van der Waals surface area contributed by atoms with E-state index in [0.717, 1.165) is 58.3 Å². The molecule has 36 heavy (non-hydrogen) atoms. The molecule has 0 bridgehead atoms. The molecule has 3 aromatic carbocycles. The summed E-state index contributed by atoms with van der Waals surface area (Å²) in [6.07, 6.45) is 0.937. The average molecular weight is 481 g/mol. The Morgan fingerprint density at radius 3 is 2.53 bits per heavy atom. The maximum atomic E-state index is 10.1. The fourth-order valence-electron chi connectivity index (χ4n) is 5.20. The number of fused-ring (bicyclic) bond motifs is 1. The summed E-state index contributed by atoms with van der Waals surface area (Å²) in [4.78, 5) is 2.50. The van der Waals surface area contributed by atoms with E-state index in [2.05, 4.69) is 43.9 Å². The zero-order valence-corrected chi connectivity index (χ0v) is 21.1. The maximum Gasteiger partial charge on any atom is 0.150 e. The summed E-state index contributed by atoms with van der Waals surface area (Å²) in [6.45, 7) is 9.55. The Balaban J connectivity index is 1.41. The van der Waals surface area contributed by atoms with E-state index < -0.39 is 0 Å². The molecule has 2 aliphatic rings. The highest BCUT2D eigenvalue weighted by molar-refractivity contribution is 5.95. The number of nitriles is 1.